The first kappa shape index (κ1) is 15.6. The Bertz CT molecular complexity index is 557. The molecule has 1 aromatic carbocycles. The van der Waals surface area contributed by atoms with E-state index >= 15 is 0 Å². The van der Waals surface area contributed by atoms with Crippen LogP contribution in [0.2, 0.25) is 0 Å². The first-order valence-electron chi connectivity index (χ1n) is 6.89. The van der Waals surface area contributed by atoms with Gasteiger partial charge in [-0.05, 0) is 25.0 Å². The Labute approximate surface area is 124 Å². The van der Waals surface area contributed by atoms with Crippen molar-refractivity contribution < 1.29 is 19.2 Å². The van der Waals surface area contributed by atoms with E-state index in [9.17, 15) is 5.02 Å². The second-order valence-electron chi connectivity index (χ2n) is 5.30. The van der Waals surface area contributed by atoms with Crippen LogP contribution < -0.4 is 20.7 Å². The first-order chi connectivity index (χ1) is 9.98. The van der Waals surface area contributed by atoms with Gasteiger partial charge in [-0.1, -0.05) is 13.0 Å². The van der Waals surface area contributed by atoms with Crippen LogP contribution in [0.15, 0.2) is 12.1 Å². The summed E-state index contributed by atoms with van der Waals surface area (Å²) in [7, 11) is -1.02. The molecule has 0 aromatic heterocycles. The Hall–Kier alpha value is -1.75. The zero-order valence-electron chi connectivity index (χ0n) is 12.3. The highest BCUT2D eigenvalue weighted by atomic mass is 16.5. The Morgan fingerprint density at radius 1 is 1.52 bits per heavy atom. The third-order valence-electron chi connectivity index (χ3n) is 3.13. The average Bonchev–Trinajstić information content (AvgIpc) is 2.85. The average molecular weight is 290 g/mol. The summed E-state index contributed by atoms with van der Waals surface area (Å²) in [6.07, 6.45) is 0.826. The third-order valence-corrected chi connectivity index (χ3v) is 3.13. The van der Waals surface area contributed by atoms with Gasteiger partial charge in [-0.3, -0.25) is 0 Å². The second kappa shape index (κ2) is 6.35. The molecule has 1 atom stereocenters. The normalized spacial score (nSPS) is 16.0. The summed E-state index contributed by atoms with van der Waals surface area (Å²) in [5.74, 6) is 0.923. The van der Waals surface area contributed by atoms with E-state index in [2.05, 4.69) is 0 Å². The van der Waals surface area contributed by atoms with Gasteiger partial charge in [0, 0.05) is 5.46 Å². The van der Waals surface area contributed by atoms with Gasteiger partial charge >= 0.3 is 7.12 Å². The summed E-state index contributed by atoms with van der Waals surface area (Å²) in [4.78, 5) is 0. The molecule has 1 aliphatic rings. The number of rotatable bonds is 6. The molecule has 3 N–H and O–H groups in total. The molecule has 0 saturated heterocycles. The largest absolute Gasteiger partial charge is 0.495 e. The number of nitrogens with two attached hydrogens (primary N) is 1. The smallest absolute Gasteiger partial charge is 0.490 e. The van der Waals surface area contributed by atoms with Gasteiger partial charge in [-0.15, -0.1) is 0 Å². The lowest BCUT2D eigenvalue weighted by atomic mass is 9.78. The van der Waals surface area contributed by atoms with E-state index in [1.54, 1.807) is 13.0 Å². The molecular weight excluding hydrogens is 271 g/mol. The lowest BCUT2D eigenvalue weighted by Gasteiger charge is -2.20. The van der Waals surface area contributed by atoms with Gasteiger partial charge in [0.15, 0.2) is 11.5 Å². The van der Waals surface area contributed by atoms with Crippen molar-refractivity contribution in [2.45, 2.75) is 32.4 Å². The second-order valence-corrected chi connectivity index (χ2v) is 5.30. The van der Waals surface area contributed by atoms with Crippen LogP contribution in [0, 0.1) is 11.3 Å². The molecule has 21 heavy (non-hydrogen) atoms. The zero-order chi connectivity index (χ0) is 15.5. The van der Waals surface area contributed by atoms with E-state index in [0.29, 0.717) is 30.2 Å². The van der Waals surface area contributed by atoms with Gasteiger partial charge in [0.25, 0.3) is 0 Å². The third kappa shape index (κ3) is 3.48. The van der Waals surface area contributed by atoms with E-state index in [0.717, 1.165) is 12.0 Å². The molecule has 7 heteroatoms. The van der Waals surface area contributed by atoms with E-state index in [-0.39, 0.29) is 6.61 Å². The van der Waals surface area contributed by atoms with Crippen LogP contribution in [0.25, 0.3) is 0 Å². The number of ether oxygens (including phenoxy) is 2. The molecule has 2 rings (SSSR count). The van der Waals surface area contributed by atoms with E-state index < -0.39 is 12.7 Å². The van der Waals surface area contributed by atoms with Crippen molar-refractivity contribution in [2.24, 2.45) is 5.73 Å². The molecule has 112 valence electrons. The van der Waals surface area contributed by atoms with Crippen LogP contribution in [0.3, 0.4) is 0 Å². The van der Waals surface area contributed by atoms with Crippen LogP contribution in [-0.4, -0.2) is 30.9 Å². The number of nitrogens with zero attached hydrogens (tertiary/aromatic N) is 1. The molecule has 0 bridgehead atoms. The molecule has 0 aliphatic carbocycles. The fraction of sp³-hybridized carbons (Fsp3) is 0.500. The van der Waals surface area contributed by atoms with Crippen LogP contribution in [0.5, 0.6) is 11.5 Å². The SMILES string of the molecule is CCCOc1c(OCC(C)(N)C#N)ccc2c1B(O)OC2. The summed E-state index contributed by atoms with van der Waals surface area (Å²) >= 11 is 0. The number of fused-ring (bicyclic) bond motifs is 1. The van der Waals surface area contributed by atoms with Gasteiger partial charge in [-0.2, -0.15) is 5.26 Å². The van der Waals surface area contributed by atoms with Gasteiger partial charge in [0.05, 0.1) is 19.3 Å². The van der Waals surface area contributed by atoms with Gasteiger partial charge < -0.3 is 24.9 Å². The fourth-order valence-electron chi connectivity index (χ4n) is 2.00. The van der Waals surface area contributed by atoms with Crippen molar-refractivity contribution in [3.8, 4) is 17.6 Å². The molecule has 1 aromatic rings. The summed E-state index contributed by atoms with van der Waals surface area (Å²) in [5.41, 5.74) is 6.13. The van der Waals surface area contributed by atoms with Gasteiger partial charge in [-0.25, -0.2) is 0 Å². The Morgan fingerprint density at radius 3 is 2.95 bits per heavy atom. The number of benzene rings is 1. The van der Waals surface area contributed by atoms with Crippen molar-refractivity contribution in [3.63, 3.8) is 0 Å². The predicted molar refractivity (Wildman–Crippen MR) is 78.3 cm³/mol. The predicted octanol–water partition coefficient (Wildman–Crippen LogP) is 0.313. The Balaban J connectivity index is 2.28. The highest BCUT2D eigenvalue weighted by molar-refractivity contribution is 6.62. The highest BCUT2D eigenvalue weighted by Crippen LogP contribution is 2.30. The first-order valence-corrected chi connectivity index (χ1v) is 6.89. The maximum atomic E-state index is 9.93. The van der Waals surface area contributed by atoms with Gasteiger partial charge in [0.2, 0.25) is 0 Å². The lowest BCUT2D eigenvalue weighted by molar-refractivity contribution is 0.240. The van der Waals surface area contributed by atoms with Crippen LogP contribution in [0.4, 0.5) is 0 Å². The van der Waals surface area contributed by atoms with E-state index in [1.807, 2.05) is 19.1 Å². The molecular formula is C14H19BN2O4. The highest BCUT2D eigenvalue weighted by Gasteiger charge is 2.33. The molecule has 0 radical (unpaired) electrons. The molecule has 1 heterocycles. The molecule has 6 nitrogen and oxygen atoms in total. The standard InChI is InChI=1S/C14H19BN2O4/c1-3-6-19-13-11(20-9-14(2,17)8-16)5-4-10-7-21-15(18)12(10)13/h4-5,18H,3,6-7,9,17H2,1-2H3. The molecule has 1 aliphatic heterocycles. The van der Waals surface area contributed by atoms with Crippen molar-refractivity contribution in [1.29, 1.82) is 5.26 Å². The minimum absolute atomic E-state index is 0.0295. The summed E-state index contributed by atoms with van der Waals surface area (Å²) in [6.45, 7) is 4.44. The van der Waals surface area contributed by atoms with Crippen molar-refractivity contribution >= 4 is 12.6 Å². The minimum Gasteiger partial charge on any atom is -0.490 e. The minimum atomic E-state index is -1.09. The maximum Gasteiger partial charge on any atom is 0.495 e. The number of hydrogen-bond acceptors (Lipinski definition) is 6. The topological polar surface area (TPSA) is 97.7 Å². The molecule has 0 amide bonds. The van der Waals surface area contributed by atoms with Crippen LogP contribution in [-0.2, 0) is 11.3 Å². The van der Waals surface area contributed by atoms with Crippen LogP contribution in [0.1, 0.15) is 25.8 Å². The molecule has 0 fully saturated rings. The quantitative estimate of drug-likeness (QED) is 0.732. The maximum absolute atomic E-state index is 9.93. The lowest BCUT2D eigenvalue weighted by Crippen LogP contribution is -2.41. The monoisotopic (exact) mass is 290 g/mol. The Morgan fingerprint density at radius 2 is 2.29 bits per heavy atom. The van der Waals surface area contributed by atoms with Crippen LogP contribution >= 0.6 is 0 Å². The number of hydrogen-bond donors (Lipinski definition) is 2. The zero-order valence-corrected chi connectivity index (χ0v) is 12.3. The van der Waals surface area contributed by atoms with Gasteiger partial charge in [0.1, 0.15) is 12.1 Å². The van der Waals surface area contributed by atoms with Crippen molar-refractivity contribution in [2.75, 3.05) is 13.2 Å². The molecule has 0 spiro atoms. The summed E-state index contributed by atoms with van der Waals surface area (Å²) in [6, 6.07) is 5.54. The number of nitriles is 1. The molecule has 0 saturated carbocycles. The summed E-state index contributed by atoms with van der Waals surface area (Å²) < 4.78 is 16.5. The van der Waals surface area contributed by atoms with Crippen molar-refractivity contribution in [3.05, 3.63) is 17.7 Å². The fourth-order valence-corrected chi connectivity index (χ4v) is 2.00. The summed E-state index contributed by atoms with van der Waals surface area (Å²) in [5, 5.41) is 18.9. The van der Waals surface area contributed by atoms with Crippen molar-refractivity contribution in [1.82, 2.24) is 0 Å². The van der Waals surface area contributed by atoms with E-state index in [1.165, 1.54) is 0 Å². The molecule has 1 unspecified atom stereocenters. The van der Waals surface area contributed by atoms with E-state index in [4.69, 9.17) is 25.1 Å². The Kier molecular flexibility index (Phi) is 4.73.